The Hall–Kier alpha value is -1.59. The highest BCUT2D eigenvalue weighted by Gasteiger charge is 2.19. The molecule has 1 saturated heterocycles. The number of ether oxygens (including phenoxy) is 2. The van der Waals surface area contributed by atoms with Gasteiger partial charge < -0.3 is 25.0 Å². The molecule has 1 aromatic heterocycles. The van der Waals surface area contributed by atoms with Gasteiger partial charge in [0.2, 0.25) is 0 Å². The molecule has 3 rings (SSSR count). The van der Waals surface area contributed by atoms with Crippen molar-refractivity contribution < 1.29 is 9.47 Å². The Kier molecular flexibility index (Phi) is 9.79. The number of nitrogens with two attached hydrogens (primary N) is 1. The van der Waals surface area contributed by atoms with Crippen molar-refractivity contribution in [1.82, 2.24) is 9.88 Å². The fourth-order valence-electron chi connectivity index (χ4n) is 2.90. The van der Waals surface area contributed by atoms with Crippen LogP contribution in [0, 0.1) is 0 Å². The number of anilines is 1. The maximum Gasteiger partial charge on any atom is 0.191 e. The average molecular weight is 517 g/mol. The van der Waals surface area contributed by atoms with Gasteiger partial charge in [0.15, 0.2) is 11.1 Å². The molecular formula is C19H28IN5O2S. The molecule has 0 amide bonds. The molecule has 1 aliphatic heterocycles. The molecule has 28 heavy (non-hydrogen) atoms. The van der Waals surface area contributed by atoms with E-state index >= 15 is 0 Å². The molecular weight excluding hydrogens is 489 g/mol. The molecule has 1 aliphatic rings. The van der Waals surface area contributed by atoms with E-state index < -0.39 is 0 Å². The summed E-state index contributed by atoms with van der Waals surface area (Å²) in [6.45, 7) is 5.44. The summed E-state index contributed by atoms with van der Waals surface area (Å²) < 4.78 is 10.8. The Morgan fingerprint density at radius 3 is 2.79 bits per heavy atom. The van der Waals surface area contributed by atoms with Crippen LogP contribution in [0.2, 0.25) is 0 Å². The Morgan fingerprint density at radius 1 is 1.25 bits per heavy atom. The fourth-order valence-corrected chi connectivity index (χ4v) is 3.59. The first-order valence-corrected chi connectivity index (χ1v) is 10.0. The van der Waals surface area contributed by atoms with Crippen molar-refractivity contribution in [3.63, 3.8) is 0 Å². The highest BCUT2D eigenvalue weighted by atomic mass is 127. The molecule has 0 atom stereocenters. The molecule has 1 fully saturated rings. The van der Waals surface area contributed by atoms with E-state index in [1.165, 1.54) is 0 Å². The average Bonchev–Trinajstić information content (AvgIpc) is 3.25. The lowest BCUT2D eigenvalue weighted by Crippen LogP contribution is -2.51. The second kappa shape index (κ2) is 12.1. The van der Waals surface area contributed by atoms with Crippen molar-refractivity contribution in [2.24, 2.45) is 10.7 Å². The van der Waals surface area contributed by atoms with Crippen molar-refractivity contribution in [3.8, 4) is 5.75 Å². The first kappa shape index (κ1) is 22.7. The van der Waals surface area contributed by atoms with Crippen LogP contribution in [0.3, 0.4) is 0 Å². The van der Waals surface area contributed by atoms with Crippen LogP contribution in [0.5, 0.6) is 5.75 Å². The van der Waals surface area contributed by atoms with Gasteiger partial charge >= 0.3 is 0 Å². The number of aromatic nitrogens is 1. The standard InChI is InChI=1S/C19H27N5O2S.HI/c1-25-11-3-12-26-17-5-2-4-16(14-17)15-22-18(20)23-7-9-24(10-8-23)19-21-6-13-27-19;/h2,4-6,13-14H,3,7-12,15H2,1H3,(H2,20,22);1H. The van der Waals surface area contributed by atoms with Crippen molar-refractivity contribution in [1.29, 1.82) is 0 Å². The van der Waals surface area contributed by atoms with Gasteiger partial charge in [0.05, 0.1) is 13.2 Å². The van der Waals surface area contributed by atoms with Crippen LogP contribution in [0.25, 0.3) is 0 Å². The molecule has 0 radical (unpaired) electrons. The van der Waals surface area contributed by atoms with Gasteiger partial charge in [-0.2, -0.15) is 0 Å². The predicted molar refractivity (Wildman–Crippen MR) is 125 cm³/mol. The van der Waals surface area contributed by atoms with Gasteiger partial charge in [0.25, 0.3) is 0 Å². The van der Waals surface area contributed by atoms with Crippen LogP contribution in [0.1, 0.15) is 12.0 Å². The van der Waals surface area contributed by atoms with Gasteiger partial charge in [-0.05, 0) is 17.7 Å². The molecule has 7 nitrogen and oxygen atoms in total. The van der Waals surface area contributed by atoms with E-state index in [0.29, 0.717) is 25.7 Å². The van der Waals surface area contributed by atoms with Gasteiger partial charge in [-0.15, -0.1) is 35.3 Å². The summed E-state index contributed by atoms with van der Waals surface area (Å²) in [6, 6.07) is 8.00. The van der Waals surface area contributed by atoms with Crippen molar-refractivity contribution in [2.45, 2.75) is 13.0 Å². The zero-order valence-electron chi connectivity index (χ0n) is 16.1. The molecule has 0 saturated carbocycles. The lowest BCUT2D eigenvalue weighted by Gasteiger charge is -2.35. The van der Waals surface area contributed by atoms with Gasteiger partial charge in [0.1, 0.15) is 5.75 Å². The Bertz CT molecular complexity index is 721. The van der Waals surface area contributed by atoms with Gasteiger partial charge in [-0.25, -0.2) is 9.98 Å². The zero-order valence-corrected chi connectivity index (χ0v) is 19.3. The second-order valence-corrected chi connectivity index (χ2v) is 7.18. The van der Waals surface area contributed by atoms with E-state index in [1.54, 1.807) is 18.4 Å². The summed E-state index contributed by atoms with van der Waals surface area (Å²) in [5.74, 6) is 1.45. The Balaban J connectivity index is 0.00000280. The van der Waals surface area contributed by atoms with Crippen LogP contribution >= 0.6 is 35.3 Å². The number of benzene rings is 1. The quantitative estimate of drug-likeness (QED) is 0.251. The predicted octanol–water partition coefficient (Wildman–Crippen LogP) is 2.81. The summed E-state index contributed by atoms with van der Waals surface area (Å²) in [7, 11) is 1.70. The van der Waals surface area contributed by atoms with E-state index in [4.69, 9.17) is 15.2 Å². The maximum absolute atomic E-state index is 6.21. The van der Waals surface area contributed by atoms with Crippen LogP contribution in [0.4, 0.5) is 5.13 Å². The second-order valence-electron chi connectivity index (χ2n) is 6.31. The number of hydrogen-bond donors (Lipinski definition) is 1. The maximum atomic E-state index is 6.21. The van der Waals surface area contributed by atoms with Crippen LogP contribution in [0.15, 0.2) is 40.8 Å². The third kappa shape index (κ3) is 6.78. The summed E-state index contributed by atoms with van der Waals surface area (Å²) in [5.41, 5.74) is 7.30. The first-order chi connectivity index (χ1) is 13.3. The SMILES string of the molecule is COCCCOc1cccc(CN=C(N)N2CCN(c3nccs3)CC2)c1.I. The van der Waals surface area contributed by atoms with Gasteiger partial charge in [0, 0.05) is 57.9 Å². The zero-order chi connectivity index (χ0) is 18.9. The summed E-state index contributed by atoms with van der Waals surface area (Å²) in [4.78, 5) is 13.4. The normalized spacial score (nSPS) is 14.7. The number of methoxy groups -OCH3 is 1. The summed E-state index contributed by atoms with van der Waals surface area (Å²) >= 11 is 1.67. The van der Waals surface area contributed by atoms with E-state index in [9.17, 15) is 0 Å². The van der Waals surface area contributed by atoms with E-state index in [0.717, 1.165) is 49.0 Å². The molecule has 0 spiro atoms. The molecule has 1 aromatic carbocycles. The number of halogens is 1. The van der Waals surface area contributed by atoms with Crippen molar-refractivity contribution in [3.05, 3.63) is 41.4 Å². The monoisotopic (exact) mass is 517 g/mol. The largest absolute Gasteiger partial charge is 0.493 e. The van der Waals surface area contributed by atoms with Gasteiger partial charge in [-0.3, -0.25) is 0 Å². The fraction of sp³-hybridized carbons (Fsp3) is 0.474. The lowest BCUT2D eigenvalue weighted by molar-refractivity contribution is 0.172. The summed E-state index contributed by atoms with van der Waals surface area (Å²) in [6.07, 6.45) is 2.72. The van der Waals surface area contributed by atoms with Crippen LogP contribution < -0.4 is 15.4 Å². The number of thiazole rings is 1. The number of nitrogens with zero attached hydrogens (tertiary/aromatic N) is 4. The minimum absolute atomic E-state index is 0. The topological polar surface area (TPSA) is 76.2 Å². The molecule has 2 N–H and O–H groups in total. The Morgan fingerprint density at radius 2 is 2.07 bits per heavy atom. The van der Waals surface area contributed by atoms with Crippen LogP contribution in [-0.4, -0.2) is 62.3 Å². The molecule has 0 aliphatic carbocycles. The van der Waals surface area contributed by atoms with Crippen LogP contribution in [-0.2, 0) is 11.3 Å². The highest BCUT2D eigenvalue weighted by molar-refractivity contribution is 14.0. The number of guanidine groups is 1. The van der Waals surface area contributed by atoms with E-state index in [1.807, 2.05) is 35.8 Å². The minimum atomic E-state index is 0. The molecule has 2 aromatic rings. The molecule has 154 valence electrons. The smallest absolute Gasteiger partial charge is 0.191 e. The van der Waals surface area contributed by atoms with E-state index in [2.05, 4.69) is 19.8 Å². The van der Waals surface area contributed by atoms with Crippen molar-refractivity contribution >= 4 is 46.4 Å². The molecule has 9 heteroatoms. The van der Waals surface area contributed by atoms with E-state index in [-0.39, 0.29) is 24.0 Å². The number of aliphatic imine (C=N–C) groups is 1. The van der Waals surface area contributed by atoms with Crippen molar-refractivity contribution in [2.75, 3.05) is 51.4 Å². The first-order valence-electron chi connectivity index (χ1n) is 9.16. The molecule has 0 bridgehead atoms. The molecule has 2 heterocycles. The summed E-state index contributed by atoms with van der Waals surface area (Å²) in [5, 5.41) is 3.08. The lowest BCUT2D eigenvalue weighted by atomic mass is 10.2. The number of hydrogen-bond acceptors (Lipinski definition) is 6. The number of piperazine rings is 1. The Labute approximate surface area is 187 Å². The third-order valence-corrected chi connectivity index (χ3v) is 5.21. The van der Waals surface area contributed by atoms with Gasteiger partial charge in [-0.1, -0.05) is 12.1 Å². The highest BCUT2D eigenvalue weighted by Crippen LogP contribution is 2.19. The minimum Gasteiger partial charge on any atom is -0.493 e. The third-order valence-electron chi connectivity index (χ3n) is 4.38. The number of rotatable bonds is 8. The molecule has 0 unspecified atom stereocenters.